The number of ketones is 2. The number of carboxylic acid groups (broad SMARTS) is 1. The summed E-state index contributed by atoms with van der Waals surface area (Å²) in [5, 5.41) is 33.1. The monoisotopic (exact) mass is 853 g/mol. The first-order valence-electron chi connectivity index (χ1n) is 16.9. The number of hydrazone groups is 3. The zero-order valence-corrected chi connectivity index (χ0v) is 37.0. The van der Waals surface area contributed by atoms with Crippen LogP contribution in [0.4, 0.5) is 28.4 Å². The van der Waals surface area contributed by atoms with E-state index in [1.807, 2.05) is 0 Å². The molecular weight excluding hydrogens is 825 g/mol. The van der Waals surface area contributed by atoms with Crippen molar-refractivity contribution in [1.29, 1.82) is 0 Å². The first-order valence-corrected chi connectivity index (χ1v) is 18.3. The summed E-state index contributed by atoms with van der Waals surface area (Å²) in [5.41, 5.74) is 13.8. The fourth-order valence-electron chi connectivity index (χ4n) is 5.36. The van der Waals surface area contributed by atoms with Gasteiger partial charge in [-0.05, 0) is 74.5 Å². The third-order valence-electron chi connectivity index (χ3n) is 8.02. The summed E-state index contributed by atoms with van der Waals surface area (Å²) in [6.07, 6.45) is 5.54. The number of aliphatic carboxylic acids is 1. The number of benzene rings is 3. The number of allylic oxidation sites excluding steroid dienone is 4. The maximum absolute atomic E-state index is 13.8. The zero-order valence-electron chi connectivity index (χ0n) is 32.2. The Labute approximate surface area is 385 Å². The van der Waals surface area contributed by atoms with E-state index < -0.39 is 49.8 Å². The zero-order chi connectivity index (χ0) is 41.6. The Bertz CT molecular complexity index is 2610. The molecule has 0 saturated carbocycles. The van der Waals surface area contributed by atoms with Gasteiger partial charge in [-0.25, -0.2) is 8.42 Å². The van der Waals surface area contributed by atoms with Crippen molar-refractivity contribution in [2.45, 2.75) is 13.8 Å². The summed E-state index contributed by atoms with van der Waals surface area (Å²) in [7, 11) is -5.31. The number of nitrogens with two attached hydrogens (primary N) is 1. The number of carbonyl (C=O) groups is 4. The Morgan fingerprint density at radius 1 is 0.867 bits per heavy atom. The number of carboxylic acids is 1. The fraction of sp³-hybridized carbons (Fsp3) is 0.111. The van der Waals surface area contributed by atoms with Gasteiger partial charge >= 0.3 is 59.1 Å². The van der Waals surface area contributed by atoms with Gasteiger partial charge in [-0.15, -0.1) is 15.3 Å². The smallest absolute Gasteiger partial charge is 0.744 e. The van der Waals surface area contributed by atoms with Crippen LogP contribution in [0.2, 0.25) is 0 Å². The molecule has 1 amide bonds. The Kier molecular flexibility index (Phi) is 15.9. The second kappa shape index (κ2) is 20.4. The van der Waals surface area contributed by atoms with Crippen molar-refractivity contribution in [2.24, 2.45) is 30.5 Å². The molecule has 21 nitrogen and oxygen atoms in total. The van der Waals surface area contributed by atoms with E-state index in [9.17, 15) is 37.3 Å². The summed E-state index contributed by atoms with van der Waals surface area (Å²) in [6.45, 7) is 3.65. The van der Waals surface area contributed by atoms with Gasteiger partial charge in [0.1, 0.15) is 39.4 Å². The number of hydrogen-bond donors (Lipinski definition) is 5. The van der Waals surface area contributed by atoms with Crippen molar-refractivity contribution < 1.29 is 106 Å². The van der Waals surface area contributed by atoms with Crippen molar-refractivity contribution >= 4 is 91.8 Å². The van der Waals surface area contributed by atoms with Gasteiger partial charge in [-0.2, -0.15) is 15.2 Å². The number of hydrogen-bond acceptors (Lipinski definition) is 18. The van der Waals surface area contributed by atoms with E-state index in [-0.39, 0.29) is 135 Å². The first-order chi connectivity index (χ1) is 27.8. The number of ether oxygens (including phenoxy) is 2. The van der Waals surface area contributed by atoms with E-state index in [0.29, 0.717) is 5.69 Å². The Morgan fingerprint density at radius 2 is 1.55 bits per heavy atom. The molecule has 3 aromatic rings. The van der Waals surface area contributed by atoms with Crippen LogP contribution in [0.1, 0.15) is 40.1 Å². The van der Waals surface area contributed by atoms with Crippen molar-refractivity contribution in [3.63, 3.8) is 0 Å². The summed E-state index contributed by atoms with van der Waals surface area (Å²) in [4.78, 5) is 52.8. The number of Topliss-reactive ketones (excluding diaryl/α,β-unsaturated/α-hetero) is 1. The van der Waals surface area contributed by atoms with E-state index in [0.717, 1.165) is 24.6 Å². The third kappa shape index (κ3) is 10.8. The second-order valence-electron chi connectivity index (χ2n) is 11.8. The molecule has 0 bridgehead atoms. The maximum Gasteiger partial charge on any atom is 1.00 e. The number of carbonyl (C=O) groups excluding carboxylic acids is 4. The van der Waals surface area contributed by atoms with Crippen LogP contribution in [0.3, 0.4) is 0 Å². The molecule has 3 aromatic carbocycles. The number of nitrogens with one attached hydrogen (secondary N) is 4. The van der Waals surface area contributed by atoms with Gasteiger partial charge in [0, 0.05) is 34.4 Å². The van der Waals surface area contributed by atoms with Gasteiger partial charge < -0.3 is 35.0 Å². The molecule has 296 valence electrons. The van der Waals surface area contributed by atoms with Gasteiger partial charge in [0.2, 0.25) is 5.78 Å². The number of amides is 1. The topological polar surface area (TPSA) is 315 Å². The van der Waals surface area contributed by atoms with E-state index in [1.54, 1.807) is 13.8 Å². The van der Waals surface area contributed by atoms with E-state index in [1.165, 1.54) is 54.6 Å². The van der Waals surface area contributed by atoms with Crippen LogP contribution < -0.4 is 101 Å². The molecule has 0 atom stereocenters. The fourth-order valence-corrected chi connectivity index (χ4v) is 6.00. The largest absolute Gasteiger partial charge is 1.00 e. The molecule has 2 aliphatic carbocycles. The minimum atomic E-state index is -5.31. The summed E-state index contributed by atoms with van der Waals surface area (Å²) in [6, 6.07) is 11.6. The maximum atomic E-state index is 13.8. The van der Waals surface area contributed by atoms with Crippen molar-refractivity contribution in [1.82, 2.24) is 0 Å². The Morgan fingerprint density at radius 3 is 2.18 bits per heavy atom. The molecule has 24 heteroatoms. The minimum Gasteiger partial charge on any atom is -0.744 e. The minimum absolute atomic E-state index is 0. The number of guanidine groups is 1. The Hall–Kier alpha value is -5.85. The average Bonchev–Trinajstić information content (AvgIpc) is 3.71. The van der Waals surface area contributed by atoms with Crippen molar-refractivity contribution in [3.05, 3.63) is 93.9 Å². The van der Waals surface area contributed by atoms with E-state index in [2.05, 4.69) is 52.1 Å². The third-order valence-corrected chi connectivity index (χ3v) is 8.87. The number of azo groups is 1. The van der Waals surface area contributed by atoms with Crippen LogP contribution in [0.5, 0.6) is 11.5 Å². The molecule has 6 rings (SSSR count). The number of rotatable bonds is 14. The predicted molar refractivity (Wildman–Crippen MR) is 210 cm³/mol. The van der Waals surface area contributed by atoms with Crippen molar-refractivity contribution in [2.75, 3.05) is 40.5 Å². The van der Waals surface area contributed by atoms with Crippen LogP contribution in [-0.4, -0.2) is 73.3 Å². The van der Waals surface area contributed by atoms with E-state index in [4.69, 9.17) is 15.2 Å². The van der Waals surface area contributed by atoms with Gasteiger partial charge in [-0.1, -0.05) is 0 Å². The van der Waals surface area contributed by atoms with Crippen LogP contribution in [-0.2, 0) is 19.7 Å². The van der Waals surface area contributed by atoms with Gasteiger partial charge in [0.05, 0.1) is 52.5 Å². The Balaban J connectivity index is 0.00000397. The molecule has 0 aromatic heterocycles. The number of nitrogens with zero attached hydrogens (tertiary/aromatic N) is 6. The molecule has 0 spiro atoms. The molecule has 60 heavy (non-hydrogen) atoms. The molecule has 0 radical (unpaired) electrons. The van der Waals surface area contributed by atoms with Crippen molar-refractivity contribution in [3.8, 4) is 11.5 Å². The molecule has 1 aliphatic heterocycles. The van der Waals surface area contributed by atoms with Gasteiger partial charge in [0.15, 0.2) is 5.78 Å². The number of fused-ring (bicyclic) bond motifs is 1. The first kappa shape index (κ1) is 46.8. The van der Waals surface area contributed by atoms with Gasteiger partial charge in [0.25, 0.3) is 11.9 Å². The number of nitrogen functional groups attached to an aromatic ring is 1. The van der Waals surface area contributed by atoms with Gasteiger partial charge in [-0.3, -0.25) is 30.7 Å². The normalized spacial score (nSPS) is 16.0. The van der Waals surface area contributed by atoms with E-state index >= 15 is 0 Å². The summed E-state index contributed by atoms with van der Waals surface area (Å²) in [5.74, 6) is -3.67. The SMILES string of the molecule is CCOc1cc(NC(=O)c2ccc(N/N=C3/C=CC(=O)C(C(=O)[O-])=C3)cc2)c(OCC)cc1N/N=C1\C(=O)c2ccc(N)c(N/N=C3/N=CN=N3)c2C=C1S(=O)(=O)[O-].[Na+].[Na+]. The molecular formula is C36H29N11Na2O10S. The second-order valence-corrected chi connectivity index (χ2v) is 13.1. The predicted octanol–water partition coefficient (Wildman–Crippen LogP) is -3.36. The van der Waals surface area contributed by atoms with Crippen LogP contribution in [0, 0.1) is 0 Å². The summed E-state index contributed by atoms with van der Waals surface area (Å²) >= 11 is 0. The molecule has 3 aliphatic rings. The van der Waals surface area contributed by atoms with Crippen LogP contribution in [0.15, 0.2) is 108 Å². The standard InChI is InChI=1S/C36H31N11O10S.2Na/c1-3-56-28-16-26(43-45-32-30(58(53,54)55)14-22-21(33(32)49)10-11-24(37)31(22)44-47-36-38-17-39-46-36)29(57-4-2)15-25(28)40-34(50)18-5-7-19(8-6-18)41-42-20-9-12-27(48)23(13-20)35(51)52;;/h5-17,41,43-44H,3-4,37H2,1-2H3,(H,40,50)(H,51,52)(H,53,54,55);;/q;2*+1/p-2/b42-20-,45-32-,47-36-;;. The molecule has 0 fully saturated rings. The quantitative estimate of drug-likeness (QED) is 0.0264. The number of aliphatic imine (C=N–C) groups is 1. The number of anilines is 5. The summed E-state index contributed by atoms with van der Waals surface area (Å²) < 4.78 is 49.1. The van der Waals surface area contributed by atoms with Crippen LogP contribution in [0.25, 0.3) is 6.08 Å². The molecule has 0 saturated heterocycles. The molecule has 1 heterocycles. The van der Waals surface area contributed by atoms with Crippen LogP contribution >= 0.6 is 0 Å². The molecule has 0 unspecified atom stereocenters. The molecule has 6 N–H and O–H groups in total. The average molecular weight is 854 g/mol.